The Bertz CT molecular complexity index is 1260. The number of hydrogen-bond acceptors (Lipinski definition) is 6. The third kappa shape index (κ3) is 4.35. The number of furan rings is 1. The minimum absolute atomic E-state index is 0.606. The number of anilines is 1. The van der Waals surface area contributed by atoms with Crippen molar-refractivity contribution in [3.8, 4) is 11.6 Å². The van der Waals surface area contributed by atoms with Gasteiger partial charge < -0.3 is 9.32 Å². The van der Waals surface area contributed by atoms with Crippen LogP contribution in [0.15, 0.2) is 71.5 Å². The molecule has 0 aliphatic carbocycles. The number of piperidine rings is 1. The summed E-state index contributed by atoms with van der Waals surface area (Å²) in [5.41, 5.74) is 3.43. The van der Waals surface area contributed by atoms with Crippen LogP contribution in [0.1, 0.15) is 30.4 Å². The van der Waals surface area contributed by atoms with Gasteiger partial charge in [-0.15, -0.1) is 5.10 Å². The molecule has 0 bridgehead atoms. The number of likely N-dealkylation sites (tertiary alicyclic amines) is 1. The Kier molecular flexibility index (Phi) is 5.85. The van der Waals surface area contributed by atoms with Crippen molar-refractivity contribution in [3.63, 3.8) is 0 Å². The fourth-order valence-electron chi connectivity index (χ4n) is 5.10. The molecule has 0 unspecified atom stereocenters. The molecule has 0 radical (unpaired) electrons. The first-order valence-corrected chi connectivity index (χ1v) is 12.3. The SMILES string of the molecule is C1=CCN(c2ncc(CN3CCC(Cc4ccccc4)CC3)c3nc(-c4ccco4)nn23)CC1. The Morgan fingerprint density at radius 3 is 2.62 bits per heavy atom. The largest absolute Gasteiger partial charge is 0.461 e. The summed E-state index contributed by atoms with van der Waals surface area (Å²) in [5, 5.41) is 4.81. The number of fused-ring (bicyclic) bond motifs is 1. The van der Waals surface area contributed by atoms with Gasteiger partial charge in [0.1, 0.15) is 0 Å². The second kappa shape index (κ2) is 9.43. The molecule has 7 nitrogen and oxygen atoms in total. The average Bonchev–Trinajstić information content (AvgIpc) is 3.57. The highest BCUT2D eigenvalue weighted by atomic mass is 16.3. The number of aromatic nitrogens is 4. The quantitative estimate of drug-likeness (QED) is 0.397. The van der Waals surface area contributed by atoms with Crippen LogP contribution in [0.4, 0.5) is 5.95 Å². The molecule has 7 heteroatoms. The van der Waals surface area contributed by atoms with Gasteiger partial charge in [-0.1, -0.05) is 42.5 Å². The molecule has 174 valence electrons. The predicted molar refractivity (Wildman–Crippen MR) is 133 cm³/mol. The Balaban J connectivity index is 1.22. The van der Waals surface area contributed by atoms with Gasteiger partial charge in [-0.2, -0.15) is 4.52 Å². The molecule has 0 amide bonds. The van der Waals surface area contributed by atoms with Gasteiger partial charge in [0.15, 0.2) is 11.4 Å². The average molecular weight is 455 g/mol. The van der Waals surface area contributed by atoms with E-state index in [0.29, 0.717) is 11.6 Å². The molecule has 0 spiro atoms. The van der Waals surface area contributed by atoms with Gasteiger partial charge in [0, 0.05) is 31.4 Å². The minimum atomic E-state index is 0.606. The lowest BCUT2D eigenvalue weighted by atomic mass is 9.90. The van der Waals surface area contributed by atoms with E-state index in [0.717, 1.165) is 62.2 Å². The third-order valence-corrected chi connectivity index (χ3v) is 6.97. The molecule has 6 rings (SSSR count). The maximum Gasteiger partial charge on any atom is 0.228 e. The van der Waals surface area contributed by atoms with Crippen LogP contribution in [-0.2, 0) is 13.0 Å². The van der Waals surface area contributed by atoms with E-state index in [1.165, 1.54) is 24.8 Å². The molecule has 2 aliphatic rings. The summed E-state index contributed by atoms with van der Waals surface area (Å²) in [6.07, 6.45) is 12.7. The number of nitrogens with zero attached hydrogens (tertiary/aromatic N) is 6. The van der Waals surface area contributed by atoms with Crippen molar-refractivity contribution >= 4 is 11.6 Å². The van der Waals surface area contributed by atoms with E-state index < -0.39 is 0 Å². The first-order valence-electron chi connectivity index (χ1n) is 12.3. The van der Waals surface area contributed by atoms with E-state index >= 15 is 0 Å². The lowest BCUT2D eigenvalue weighted by Gasteiger charge is -2.32. The number of hydrogen-bond donors (Lipinski definition) is 0. The van der Waals surface area contributed by atoms with Crippen LogP contribution >= 0.6 is 0 Å². The molecule has 1 fully saturated rings. The second-order valence-electron chi connectivity index (χ2n) is 9.35. The Morgan fingerprint density at radius 1 is 0.971 bits per heavy atom. The Morgan fingerprint density at radius 2 is 1.85 bits per heavy atom. The maximum atomic E-state index is 5.59. The van der Waals surface area contributed by atoms with Crippen molar-refractivity contribution in [2.45, 2.75) is 32.2 Å². The minimum Gasteiger partial charge on any atom is -0.461 e. The zero-order valence-electron chi connectivity index (χ0n) is 19.4. The summed E-state index contributed by atoms with van der Waals surface area (Å²) in [4.78, 5) is 14.5. The van der Waals surface area contributed by atoms with E-state index in [1.54, 1.807) is 6.26 Å². The van der Waals surface area contributed by atoms with E-state index in [4.69, 9.17) is 19.5 Å². The number of rotatable bonds is 6. The van der Waals surface area contributed by atoms with Crippen molar-refractivity contribution in [2.24, 2.45) is 5.92 Å². The fraction of sp³-hybridized carbons (Fsp3) is 0.370. The van der Waals surface area contributed by atoms with Crippen LogP contribution in [-0.4, -0.2) is 50.7 Å². The molecule has 1 saturated heterocycles. The highest BCUT2D eigenvalue weighted by molar-refractivity contribution is 5.58. The standard InChI is InChI=1S/C27H30N6O/c1-3-8-21(9-4-1)18-22-11-15-31(16-12-22)20-23-19-28-27(32-13-5-2-6-14-32)33-26(23)29-25(30-33)24-10-7-17-34-24/h1-5,7-10,17,19,22H,6,11-16,18,20H2. The van der Waals surface area contributed by atoms with Gasteiger partial charge in [-0.25, -0.2) is 9.97 Å². The molecule has 4 aromatic rings. The van der Waals surface area contributed by atoms with Crippen LogP contribution in [0.3, 0.4) is 0 Å². The number of benzene rings is 1. The zero-order chi connectivity index (χ0) is 22.7. The molecule has 5 heterocycles. The monoisotopic (exact) mass is 454 g/mol. The highest BCUT2D eigenvalue weighted by Crippen LogP contribution is 2.26. The normalized spacial score (nSPS) is 17.6. The van der Waals surface area contributed by atoms with Crippen LogP contribution in [0, 0.1) is 5.92 Å². The van der Waals surface area contributed by atoms with Crippen molar-refractivity contribution in [1.82, 2.24) is 24.5 Å². The smallest absolute Gasteiger partial charge is 0.228 e. The van der Waals surface area contributed by atoms with E-state index in [9.17, 15) is 0 Å². The maximum absolute atomic E-state index is 5.59. The van der Waals surface area contributed by atoms with Crippen LogP contribution in [0.2, 0.25) is 0 Å². The van der Waals surface area contributed by atoms with Gasteiger partial charge in [0.2, 0.25) is 11.8 Å². The van der Waals surface area contributed by atoms with Crippen molar-refractivity contribution in [3.05, 3.63) is 78.2 Å². The van der Waals surface area contributed by atoms with Gasteiger partial charge in [0.25, 0.3) is 0 Å². The lowest BCUT2D eigenvalue weighted by molar-refractivity contribution is 0.177. The topological polar surface area (TPSA) is 62.7 Å². The Labute approximate surface area is 199 Å². The molecule has 0 saturated carbocycles. The molecule has 3 aromatic heterocycles. The van der Waals surface area contributed by atoms with Crippen LogP contribution in [0.5, 0.6) is 0 Å². The summed E-state index contributed by atoms with van der Waals surface area (Å²) in [6.45, 7) is 4.81. The van der Waals surface area contributed by atoms with Gasteiger partial charge in [-0.3, -0.25) is 4.90 Å². The van der Waals surface area contributed by atoms with Crippen LogP contribution < -0.4 is 4.90 Å². The first kappa shape index (κ1) is 21.1. The van der Waals surface area contributed by atoms with Gasteiger partial charge >= 0.3 is 0 Å². The lowest BCUT2D eigenvalue weighted by Crippen LogP contribution is -2.34. The van der Waals surface area contributed by atoms with Gasteiger partial charge in [-0.05, 0) is 62.4 Å². The molecular formula is C27H30N6O. The van der Waals surface area contributed by atoms with Gasteiger partial charge in [0.05, 0.1) is 6.26 Å². The second-order valence-corrected chi connectivity index (χ2v) is 9.35. The summed E-state index contributed by atoms with van der Waals surface area (Å²) in [6, 6.07) is 14.6. The van der Waals surface area contributed by atoms with Crippen LogP contribution in [0.25, 0.3) is 17.2 Å². The summed E-state index contributed by atoms with van der Waals surface area (Å²) in [7, 11) is 0. The summed E-state index contributed by atoms with van der Waals surface area (Å²) in [5.74, 6) is 2.88. The summed E-state index contributed by atoms with van der Waals surface area (Å²) < 4.78 is 7.50. The molecule has 0 N–H and O–H groups in total. The highest BCUT2D eigenvalue weighted by Gasteiger charge is 2.23. The Hall–Kier alpha value is -3.45. The van der Waals surface area contributed by atoms with E-state index in [-0.39, 0.29) is 0 Å². The first-order chi connectivity index (χ1) is 16.8. The molecule has 2 aliphatic heterocycles. The molecule has 34 heavy (non-hydrogen) atoms. The third-order valence-electron chi connectivity index (χ3n) is 6.97. The van der Waals surface area contributed by atoms with Crippen molar-refractivity contribution in [2.75, 3.05) is 31.1 Å². The summed E-state index contributed by atoms with van der Waals surface area (Å²) >= 11 is 0. The van der Waals surface area contributed by atoms with E-state index in [1.807, 2.05) is 22.8 Å². The fourth-order valence-corrected chi connectivity index (χ4v) is 5.10. The van der Waals surface area contributed by atoms with Crippen molar-refractivity contribution < 1.29 is 4.42 Å². The molecular weight excluding hydrogens is 424 g/mol. The van der Waals surface area contributed by atoms with Crippen molar-refractivity contribution in [1.29, 1.82) is 0 Å². The predicted octanol–water partition coefficient (Wildman–Crippen LogP) is 4.61. The molecule has 0 atom stereocenters. The molecule has 1 aromatic carbocycles. The zero-order valence-corrected chi connectivity index (χ0v) is 19.4. The van der Waals surface area contributed by atoms with E-state index in [2.05, 4.69) is 52.3 Å².